The van der Waals surface area contributed by atoms with Gasteiger partial charge in [0.25, 0.3) is 0 Å². The molecule has 0 bridgehead atoms. The first-order chi connectivity index (χ1) is 10.1. The molecule has 0 saturated carbocycles. The molecule has 21 heavy (non-hydrogen) atoms. The van der Waals surface area contributed by atoms with Gasteiger partial charge < -0.3 is 11.1 Å². The van der Waals surface area contributed by atoms with E-state index in [2.05, 4.69) is 10.3 Å². The number of guanidine groups is 1. The maximum Gasteiger partial charge on any atom is 0.189 e. The van der Waals surface area contributed by atoms with Gasteiger partial charge in [0.15, 0.2) is 5.96 Å². The summed E-state index contributed by atoms with van der Waals surface area (Å²) in [5.41, 5.74) is 7.75. The standard InChI is InChI=1S/C16H15ClFN3/c17-12-5-1-3-10(7-12)14-9-15(21-16(19)20-14)11-4-2-6-13(18)8-11/h1-8,14-15H,9H2,(H3,19,20,21). The summed E-state index contributed by atoms with van der Waals surface area (Å²) in [5.74, 6) is 0.0968. The molecular formula is C16H15ClFN3. The van der Waals surface area contributed by atoms with E-state index < -0.39 is 0 Å². The second-order valence-electron chi connectivity index (χ2n) is 5.07. The highest BCUT2D eigenvalue weighted by atomic mass is 35.5. The van der Waals surface area contributed by atoms with Crippen LogP contribution < -0.4 is 11.1 Å². The second-order valence-corrected chi connectivity index (χ2v) is 5.51. The maximum absolute atomic E-state index is 13.4. The summed E-state index contributed by atoms with van der Waals surface area (Å²) >= 11 is 6.04. The third-order valence-electron chi connectivity index (χ3n) is 3.56. The fraction of sp³-hybridized carbons (Fsp3) is 0.188. The van der Waals surface area contributed by atoms with Crippen molar-refractivity contribution in [2.45, 2.75) is 18.5 Å². The van der Waals surface area contributed by atoms with Crippen LogP contribution in [-0.2, 0) is 0 Å². The predicted octanol–water partition coefficient (Wildman–Crippen LogP) is 3.57. The number of benzene rings is 2. The topological polar surface area (TPSA) is 50.4 Å². The normalized spacial score (nSPS) is 21.5. The van der Waals surface area contributed by atoms with Crippen molar-refractivity contribution in [3.63, 3.8) is 0 Å². The predicted molar refractivity (Wildman–Crippen MR) is 82.7 cm³/mol. The van der Waals surface area contributed by atoms with E-state index in [4.69, 9.17) is 17.3 Å². The summed E-state index contributed by atoms with van der Waals surface area (Å²) in [6.07, 6.45) is 0.699. The Morgan fingerprint density at radius 3 is 2.67 bits per heavy atom. The molecule has 0 fully saturated rings. The third kappa shape index (κ3) is 3.16. The highest BCUT2D eigenvalue weighted by molar-refractivity contribution is 6.30. The van der Waals surface area contributed by atoms with Gasteiger partial charge in [-0.05, 0) is 41.8 Å². The number of aliphatic imine (C=N–C) groups is 1. The molecule has 0 aromatic heterocycles. The molecule has 0 aliphatic carbocycles. The third-order valence-corrected chi connectivity index (χ3v) is 3.80. The summed E-state index contributed by atoms with van der Waals surface area (Å²) in [4.78, 5) is 4.38. The molecule has 1 aliphatic heterocycles. The molecule has 108 valence electrons. The molecule has 2 atom stereocenters. The van der Waals surface area contributed by atoms with Crippen molar-refractivity contribution in [3.05, 3.63) is 70.5 Å². The Balaban J connectivity index is 1.89. The van der Waals surface area contributed by atoms with Crippen molar-refractivity contribution >= 4 is 17.6 Å². The lowest BCUT2D eigenvalue weighted by Gasteiger charge is -2.29. The van der Waals surface area contributed by atoms with E-state index in [1.54, 1.807) is 6.07 Å². The summed E-state index contributed by atoms with van der Waals surface area (Å²) in [6.45, 7) is 0. The van der Waals surface area contributed by atoms with Crippen LogP contribution in [0.4, 0.5) is 4.39 Å². The largest absolute Gasteiger partial charge is 0.370 e. The van der Waals surface area contributed by atoms with E-state index in [1.165, 1.54) is 12.1 Å². The first-order valence-electron chi connectivity index (χ1n) is 6.72. The van der Waals surface area contributed by atoms with Gasteiger partial charge >= 0.3 is 0 Å². The number of nitrogens with two attached hydrogens (primary N) is 1. The van der Waals surface area contributed by atoms with Crippen LogP contribution >= 0.6 is 11.6 Å². The van der Waals surface area contributed by atoms with Gasteiger partial charge in [0.05, 0.1) is 12.1 Å². The highest BCUT2D eigenvalue weighted by Gasteiger charge is 2.24. The molecule has 0 spiro atoms. The monoisotopic (exact) mass is 303 g/mol. The van der Waals surface area contributed by atoms with Crippen molar-refractivity contribution in [2.75, 3.05) is 0 Å². The van der Waals surface area contributed by atoms with Gasteiger partial charge in [-0.2, -0.15) is 0 Å². The summed E-state index contributed by atoms with van der Waals surface area (Å²) in [7, 11) is 0. The SMILES string of the molecule is NC1=NC(c2cccc(F)c2)CC(c2cccc(Cl)c2)N1. The lowest BCUT2D eigenvalue weighted by atomic mass is 9.94. The van der Waals surface area contributed by atoms with Crippen LogP contribution in [0, 0.1) is 5.82 Å². The molecule has 1 heterocycles. The van der Waals surface area contributed by atoms with E-state index in [9.17, 15) is 4.39 Å². The van der Waals surface area contributed by atoms with Gasteiger partial charge in [0.2, 0.25) is 0 Å². The minimum atomic E-state index is -0.265. The Morgan fingerprint density at radius 2 is 1.90 bits per heavy atom. The first kappa shape index (κ1) is 13.9. The van der Waals surface area contributed by atoms with Gasteiger partial charge in [-0.1, -0.05) is 35.9 Å². The van der Waals surface area contributed by atoms with Gasteiger partial charge in [-0.15, -0.1) is 0 Å². The van der Waals surface area contributed by atoms with Crippen molar-refractivity contribution in [1.82, 2.24) is 5.32 Å². The Kier molecular flexibility index (Phi) is 3.80. The Hall–Kier alpha value is -2.07. The van der Waals surface area contributed by atoms with Crippen molar-refractivity contribution < 1.29 is 4.39 Å². The van der Waals surface area contributed by atoms with Crippen LogP contribution in [0.1, 0.15) is 29.6 Å². The number of hydrogen-bond acceptors (Lipinski definition) is 3. The van der Waals surface area contributed by atoms with E-state index in [1.807, 2.05) is 30.3 Å². The lowest BCUT2D eigenvalue weighted by molar-refractivity contribution is 0.485. The zero-order valence-electron chi connectivity index (χ0n) is 11.3. The molecule has 5 heteroatoms. The Bertz CT molecular complexity index is 687. The fourth-order valence-corrected chi connectivity index (χ4v) is 2.78. The fourth-order valence-electron chi connectivity index (χ4n) is 2.59. The lowest BCUT2D eigenvalue weighted by Crippen LogP contribution is -2.39. The number of nitrogens with zero attached hydrogens (tertiary/aromatic N) is 1. The zero-order valence-corrected chi connectivity index (χ0v) is 12.0. The van der Waals surface area contributed by atoms with Crippen LogP contribution in [-0.4, -0.2) is 5.96 Å². The molecule has 3 N–H and O–H groups in total. The van der Waals surface area contributed by atoms with Gasteiger partial charge in [0, 0.05) is 5.02 Å². The summed E-state index contributed by atoms with van der Waals surface area (Å²) < 4.78 is 13.4. The van der Waals surface area contributed by atoms with E-state index >= 15 is 0 Å². The second kappa shape index (κ2) is 5.74. The van der Waals surface area contributed by atoms with Gasteiger partial charge in [0.1, 0.15) is 5.82 Å². The van der Waals surface area contributed by atoms with Crippen molar-refractivity contribution in [3.8, 4) is 0 Å². The Morgan fingerprint density at radius 1 is 1.14 bits per heavy atom. The van der Waals surface area contributed by atoms with Crippen LogP contribution in [0.5, 0.6) is 0 Å². The number of rotatable bonds is 2. The Labute approximate surface area is 127 Å². The van der Waals surface area contributed by atoms with Crippen LogP contribution in [0.25, 0.3) is 0 Å². The average Bonchev–Trinajstić information content (AvgIpc) is 2.46. The van der Waals surface area contributed by atoms with E-state index in [-0.39, 0.29) is 17.9 Å². The van der Waals surface area contributed by atoms with Crippen LogP contribution in [0.15, 0.2) is 53.5 Å². The molecule has 2 aromatic rings. The quantitative estimate of drug-likeness (QED) is 0.891. The smallest absolute Gasteiger partial charge is 0.189 e. The minimum absolute atomic E-state index is 0.00877. The summed E-state index contributed by atoms with van der Waals surface area (Å²) in [6, 6.07) is 13.9. The van der Waals surface area contributed by atoms with E-state index in [0.717, 1.165) is 11.1 Å². The molecule has 2 aromatic carbocycles. The first-order valence-corrected chi connectivity index (χ1v) is 7.10. The number of hydrogen-bond donors (Lipinski definition) is 2. The molecule has 3 rings (SSSR count). The molecule has 1 aliphatic rings. The minimum Gasteiger partial charge on any atom is -0.370 e. The van der Waals surface area contributed by atoms with Gasteiger partial charge in [-0.25, -0.2) is 9.38 Å². The number of nitrogens with one attached hydrogen (secondary N) is 1. The summed E-state index contributed by atoms with van der Waals surface area (Å²) in [5, 5.41) is 3.83. The van der Waals surface area contributed by atoms with E-state index in [0.29, 0.717) is 17.4 Å². The van der Waals surface area contributed by atoms with Crippen molar-refractivity contribution in [1.29, 1.82) is 0 Å². The molecule has 0 radical (unpaired) electrons. The number of halogens is 2. The molecule has 0 saturated heterocycles. The highest BCUT2D eigenvalue weighted by Crippen LogP contribution is 2.33. The van der Waals surface area contributed by atoms with Crippen molar-refractivity contribution in [2.24, 2.45) is 10.7 Å². The average molecular weight is 304 g/mol. The maximum atomic E-state index is 13.4. The molecule has 2 unspecified atom stereocenters. The molecule has 0 amide bonds. The van der Waals surface area contributed by atoms with Crippen LogP contribution in [0.3, 0.4) is 0 Å². The zero-order chi connectivity index (χ0) is 14.8. The molecular weight excluding hydrogens is 289 g/mol. The molecule has 3 nitrogen and oxygen atoms in total. The van der Waals surface area contributed by atoms with Crippen LogP contribution in [0.2, 0.25) is 5.02 Å². The van der Waals surface area contributed by atoms with Gasteiger partial charge in [-0.3, -0.25) is 0 Å².